The molecule has 1 aromatic rings. The number of piperidine rings is 1. The number of hydrogen-bond acceptors (Lipinski definition) is 3. The molecular formula is C13H16ClN3O3. The summed E-state index contributed by atoms with van der Waals surface area (Å²) in [6.45, 7) is 2.69. The molecule has 2 heterocycles. The lowest BCUT2D eigenvalue weighted by molar-refractivity contribution is -0.143. The summed E-state index contributed by atoms with van der Waals surface area (Å²) in [6.07, 6.45) is 2.09. The van der Waals surface area contributed by atoms with Gasteiger partial charge in [-0.2, -0.15) is 0 Å². The first-order valence-electron chi connectivity index (χ1n) is 6.36. The average molecular weight is 298 g/mol. The van der Waals surface area contributed by atoms with Crippen LogP contribution in [0.4, 0.5) is 10.6 Å². The van der Waals surface area contributed by atoms with Crippen molar-refractivity contribution in [3.05, 3.63) is 23.4 Å². The largest absolute Gasteiger partial charge is 0.481 e. The lowest BCUT2D eigenvalue weighted by Gasteiger charge is -2.34. The molecule has 0 bridgehead atoms. The SMILES string of the molecule is CC1CC(C(=O)O)CN(C(=O)Nc2cc(Cl)ccn2)C1. The van der Waals surface area contributed by atoms with Gasteiger partial charge >= 0.3 is 12.0 Å². The Kier molecular flexibility index (Phi) is 4.44. The smallest absolute Gasteiger partial charge is 0.323 e. The highest BCUT2D eigenvalue weighted by Gasteiger charge is 2.31. The Hall–Kier alpha value is -1.82. The molecule has 0 aromatic carbocycles. The standard InChI is InChI=1S/C13H16ClN3O3/c1-8-4-9(12(18)19)7-17(6-8)13(20)16-11-5-10(14)2-3-15-11/h2-3,5,8-9H,4,6-7H2,1H3,(H,18,19)(H,15,16,20). The van der Waals surface area contributed by atoms with Crippen LogP contribution < -0.4 is 5.32 Å². The van der Waals surface area contributed by atoms with Gasteiger partial charge in [0.1, 0.15) is 5.82 Å². The van der Waals surface area contributed by atoms with Crippen molar-refractivity contribution in [1.82, 2.24) is 9.88 Å². The van der Waals surface area contributed by atoms with E-state index in [0.29, 0.717) is 23.8 Å². The van der Waals surface area contributed by atoms with Crippen LogP contribution in [-0.2, 0) is 4.79 Å². The number of aliphatic carboxylic acids is 1. The average Bonchev–Trinajstić information content (AvgIpc) is 2.37. The number of hydrogen-bond donors (Lipinski definition) is 2. The Morgan fingerprint density at radius 1 is 1.50 bits per heavy atom. The summed E-state index contributed by atoms with van der Waals surface area (Å²) in [4.78, 5) is 28.7. The Morgan fingerprint density at radius 3 is 2.90 bits per heavy atom. The third-order valence-electron chi connectivity index (χ3n) is 3.25. The number of anilines is 1. The molecule has 1 fully saturated rings. The molecule has 2 amide bonds. The highest BCUT2D eigenvalue weighted by atomic mass is 35.5. The molecule has 1 aromatic heterocycles. The number of likely N-dealkylation sites (tertiary alicyclic amines) is 1. The fourth-order valence-electron chi connectivity index (χ4n) is 2.36. The zero-order valence-corrected chi connectivity index (χ0v) is 11.8. The van der Waals surface area contributed by atoms with Crippen LogP contribution in [0.25, 0.3) is 0 Å². The molecule has 0 radical (unpaired) electrons. The van der Waals surface area contributed by atoms with Gasteiger partial charge in [-0.05, 0) is 24.5 Å². The number of nitrogens with one attached hydrogen (secondary N) is 1. The number of pyridine rings is 1. The van der Waals surface area contributed by atoms with Crippen molar-refractivity contribution < 1.29 is 14.7 Å². The number of carbonyl (C=O) groups excluding carboxylic acids is 1. The van der Waals surface area contributed by atoms with E-state index in [-0.39, 0.29) is 18.5 Å². The molecule has 2 N–H and O–H groups in total. The van der Waals surface area contributed by atoms with E-state index in [1.54, 1.807) is 12.1 Å². The second kappa shape index (κ2) is 6.09. The van der Waals surface area contributed by atoms with Crippen molar-refractivity contribution >= 4 is 29.4 Å². The maximum absolute atomic E-state index is 12.1. The fraction of sp³-hybridized carbons (Fsp3) is 0.462. The molecule has 0 saturated carbocycles. The molecule has 7 heteroatoms. The van der Waals surface area contributed by atoms with Gasteiger partial charge in [0, 0.05) is 24.3 Å². The monoisotopic (exact) mass is 297 g/mol. The van der Waals surface area contributed by atoms with Crippen LogP contribution in [-0.4, -0.2) is 40.1 Å². The van der Waals surface area contributed by atoms with Crippen molar-refractivity contribution in [3.8, 4) is 0 Å². The lowest BCUT2D eigenvalue weighted by Crippen LogP contribution is -2.47. The summed E-state index contributed by atoms with van der Waals surface area (Å²) in [5.41, 5.74) is 0. The van der Waals surface area contributed by atoms with Gasteiger partial charge in [0.25, 0.3) is 0 Å². The van der Waals surface area contributed by atoms with E-state index in [1.807, 2.05) is 6.92 Å². The summed E-state index contributed by atoms with van der Waals surface area (Å²) in [5.74, 6) is -0.873. The van der Waals surface area contributed by atoms with E-state index >= 15 is 0 Å². The summed E-state index contributed by atoms with van der Waals surface area (Å²) in [5, 5.41) is 12.2. The van der Waals surface area contributed by atoms with Crippen molar-refractivity contribution in [2.45, 2.75) is 13.3 Å². The van der Waals surface area contributed by atoms with E-state index in [4.69, 9.17) is 16.7 Å². The highest BCUT2D eigenvalue weighted by Crippen LogP contribution is 2.22. The number of urea groups is 1. The predicted molar refractivity (Wildman–Crippen MR) is 74.7 cm³/mol. The first-order valence-corrected chi connectivity index (χ1v) is 6.74. The zero-order chi connectivity index (χ0) is 14.7. The van der Waals surface area contributed by atoms with Crippen LogP contribution in [0, 0.1) is 11.8 Å². The first kappa shape index (κ1) is 14.6. The Bertz CT molecular complexity index is 523. The summed E-state index contributed by atoms with van der Waals surface area (Å²) >= 11 is 5.82. The van der Waals surface area contributed by atoms with Gasteiger partial charge in [0.05, 0.1) is 5.92 Å². The van der Waals surface area contributed by atoms with Gasteiger partial charge in [-0.15, -0.1) is 0 Å². The molecule has 2 rings (SSSR count). The van der Waals surface area contributed by atoms with Gasteiger partial charge in [-0.3, -0.25) is 10.1 Å². The third kappa shape index (κ3) is 3.60. The van der Waals surface area contributed by atoms with E-state index in [9.17, 15) is 9.59 Å². The lowest BCUT2D eigenvalue weighted by atomic mass is 9.91. The second-order valence-corrected chi connectivity index (χ2v) is 5.51. The van der Waals surface area contributed by atoms with Crippen molar-refractivity contribution in [1.29, 1.82) is 0 Å². The molecular weight excluding hydrogens is 282 g/mol. The molecule has 0 aliphatic carbocycles. The minimum atomic E-state index is -0.866. The minimum Gasteiger partial charge on any atom is -0.481 e. The molecule has 1 saturated heterocycles. The Labute approximate surface area is 121 Å². The number of carboxylic acids is 1. The van der Waals surface area contributed by atoms with Crippen LogP contribution in [0.15, 0.2) is 18.3 Å². The molecule has 2 atom stereocenters. The predicted octanol–water partition coefficient (Wildman–Crippen LogP) is 2.31. The van der Waals surface area contributed by atoms with Crippen LogP contribution in [0.1, 0.15) is 13.3 Å². The molecule has 1 aliphatic rings. The van der Waals surface area contributed by atoms with Gasteiger partial charge in [-0.25, -0.2) is 9.78 Å². The number of halogens is 1. The maximum Gasteiger partial charge on any atom is 0.323 e. The van der Waals surface area contributed by atoms with Crippen LogP contribution in [0.2, 0.25) is 5.02 Å². The summed E-state index contributed by atoms with van der Waals surface area (Å²) < 4.78 is 0. The van der Waals surface area contributed by atoms with Crippen LogP contribution >= 0.6 is 11.6 Å². The van der Waals surface area contributed by atoms with E-state index in [2.05, 4.69) is 10.3 Å². The number of amides is 2. The number of nitrogens with zero attached hydrogens (tertiary/aromatic N) is 2. The van der Waals surface area contributed by atoms with Gasteiger partial charge < -0.3 is 10.0 Å². The summed E-state index contributed by atoms with van der Waals surface area (Å²) in [7, 11) is 0. The van der Waals surface area contributed by atoms with Crippen molar-refractivity contribution in [2.75, 3.05) is 18.4 Å². The normalized spacial score (nSPS) is 22.4. The van der Waals surface area contributed by atoms with Crippen molar-refractivity contribution in [3.63, 3.8) is 0 Å². The van der Waals surface area contributed by atoms with E-state index < -0.39 is 11.9 Å². The zero-order valence-electron chi connectivity index (χ0n) is 11.0. The highest BCUT2D eigenvalue weighted by molar-refractivity contribution is 6.30. The number of rotatable bonds is 2. The molecule has 0 spiro atoms. The Balaban J connectivity index is 2.03. The number of carbonyl (C=O) groups is 2. The van der Waals surface area contributed by atoms with Crippen molar-refractivity contribution in [2.24, 2.45) is 11.8 Å². The van der Waals surface area contributed by atoms with Crippen LogP contribution in [0.5, 0.6) is 0 Å². The van der Waals surface area contributed by atoms with Gasteiger partial charge in [0.15, 0.2) is 0 Å². The number of carboxylic acid groups (broad SMARTS) is 1. The molecule has 20 heavy (non-hydrogen) atoms. The Morgan fingerprint density at radius 2 is 2.25 bits per heavy atom. The van der Waals surface area contributed by atoms with Gasteiger partial charge in [0.2, 0.25) is 0 Å². The quantitative estimate of drug-likeness (QED) is 0.877. The molecule has 108 valence electrons. The minimum absolute atomic E-state index is 0.155. The summed E-state index contributed by atoms with van der Waals surface area (Å²) in [6, 6.07) is 2.81. The van der Waals surface area contributed by atoms with E-state index in [1.165, 1.54) is 11.1 Å². The molecule has 6 nitrogen and oxygen atoms in total. The second-order valence-electron chi connectivity index (χ2n) is 5.07. The maximum atomic E-state index is 12.1. The molecule has 1 aliphatic heterocycles. The molecule has 2 unspecified atom stereocenters. The van der Waals surface area contributed by atoms with E-state index in [0.717, 1.165) is 0 Å². The third-order valence-corrected chi connectivity index (χ3v) is 3.49. The fourth-order valence-corrected chi connectivity index (χ4v) is 2.52. The van der Waals surface area contributed by atoms with Gasteiger partial charge in [-0.1, -0.05) is 18.5 Å². The van der Waals surface area contributed by atoms with Crippen LogP contribution in [0.3, 0.4) is 0 Å². The topological polar surface area (TPSA) is 82.5 Å². The number of aromatic nitrogens is 1. The first-order chi connectivity index (χ1) is 9.45.